The molecule has 1 rings (SSSR count). The lowest BCUT2D eigenvalue weighted by Crippen LogP contribution is -1.91. The van der Waals surface area contributed by atoms with Gasteiger partial charge in [0, 0.05) is 4.88 Å². The van der Waals surface area contributed by atoms with Crippen LogP contribution in [0, 0.1) is 0 Å². The summed E-state index contributed by atoms with van der Waals surface area (Å²) in [4.78, 5) is 11.5. The number of carboxylic acids is 1. The molecule has 0 aliphatic rings. The summed E-state index contributed by atoms with van der Waals surface area (Å²) in [7, 11) is 0. The topological polar surface area (TPSA) is 37.3 Å². The molecule has 13 heavy (non-hydrogen) atoms. The largest absolute Gasteiger partial charge is 0.481 e. The zero-order valence-electron chi connectivity index (χ0n) is 7.49. The molecule has 1 aromatic rings. The lowest BCUT2D eigenvalue weighted by Gasteiger charge is -1.99. The molecule has 0 bridgehead atoms. The Morgan fingerprint density at radius 3 is 2.92 bits per heavy atom. The lowest BCUT2D eigenvalue weighted by molar-refractivity contribution is -0.135. The van der Waals surface area contributed by atoms with Gasteiger partial charge >= 0.3 is 5.97 Å². The molecular formula is C10H12O2S. The van der Waals surface area contributed by atoms with Crippen LogP contribution in [0.25, 0.3) is 5.57 Å². The first-order chi connectivity index (χ1) is 6.24. The standard InChI is InChI=1S/C10H12O2S/c1-2-8(5-6-10(11)12)9-4-3-7-13-9/h3-5,7H,2,6H2,1H3,(H,11,12)/b8-5+. The molecule has 0 aliphatic carbocycles. The van der Waals surface area contributed by atoms with Crippen molar-refractivity contribution >= 4 is 22.9 Å². The molecule has 0 atom stereocenters. The van der Waals surface area contributed by atoms with Crippen LogP contribution in [0.1, 0.15) is 24.6 Å². The molecule has 0 aromatic carbocycles. The highest BCUT2D eigenvalue weighted by Gasteiger charge is 2.00. The van der Waals surface area contributed by atoms with Crippen molar-refractivity contribution in [3.05, 3.63) is 28.5 Å². The maximum atomic E-state index is 10.3. The van der Waals surface area contributed by atoms with Gasteiger partial charge in [-0.15, -0.1) is 11.3 Å². The van der Waals surface area contributed by atoms with E-state index in [2.05, 4.69) is 0 Å². The van der Waals surface area contributed by atoms with Crippen molar-refractivity contribution < 1.29 is 9.90 Å². The minimum Gasteiger partial charge on any atom is -0.481 e. The molecule has 0 amide bonds. The molecule has 70 valence electrons. The van der Waals surface area contributed by atoms with Crippen LogP contribution < -0.4 is 0 Å². The fraction of sp³-hybridized carbons (Fsp3) is 0.300. The van der Waals surface area contributed by atoms with E-state index in [4.69, 9.17) is 5.11 Å². The number of thiophene rings is 1. The van der Waals surface area contributed by atoms with Gasteiger partial charge in [0.25, 0.3) is 0 Å². The van der Waals surface area contributed by atoms with Gasteiger partial charge in [0.05, 0.1) is 6.42 Å². The zero-order chi connectivity index (χ0) is 9.68. The van der Waals surface area contributed by atoms with Gasteiger partial charge in [0.15, 0.2) is 0 Å². The van der Waals surface area contributed by atoms with Gasteiger partial charge in [0.2, 0.25) is 0 Å². The van der Waals surface area contributed by atoms with E-state index in [9.17, 15) is 4.79 Å². The van der Waals surface area contributed by atoms with Crippen LogP contribution in [0.2, 0.25) is 0 Å². The third kappa shape index (κ3) is 3.03. The predicted octanol–water partition coefficient (Wildman–Crippen LogP) is 3.02. The summed E-state index contributed by atoms with van der Waals surface area (Å²) >= 11 is 1.65. The molecule has 0 spiro atoms. The van der Waals surface area contributed by atoms with Crippen molar-refractivity contribution in [2.24, 2.45) is 0 Å². The molecule has 0 saturated carbocycles. The van der Waals surface area contributed by atoms with E-state index in [1.165, 1.54) is 4.88 Å². The average molecular weight is 196 g/mol. The van der Waals surface area contributed by atoms with E-state index in [1.807, 2.05) is 24.4 Å². The third-order valence-electron chi connectivity index (χ3n) is 1.74. The van der Waals surface area contributed by atoms with Gasteiger partial charge in [-0.05, 0) is 23.4 Å². The summed E-state index contributed by atoms with van der Waals surface area (Å²) in [6.07, 6.45) is 2.78. The molecule has 0 fully saturated rings. The molecule has 1 heterocycles. The second-order valence-electron chi connectivity index (χ2n) is 2.66. The van der Waals surface area contributed by atoms with Crippen LogP contribution in [-0.2, 0) is 4.79 Å². The molecule has 2 nitrogen and oxygen atoms in total. The predicted molar refractivity (Wildman–Crippen MR) is 54.8 cm³/mol. The number of allylic oxidation sites excluding steroid dienone is 1. The summed E-state index contributed by atoms with van der Waals surface area (Å²) in [5, 5.41) is 10.5. The van der Waals surface area contributed by atoms with Gasteiger partial charge in [-0.1, -0.05) is 19.1 Å². The van der Waals surface area contributed by atoms with Crippen LogP contribution in [0.4, 0.5) is 0 Å². The van der Waals surface area contributed by atoms with Gasteiger partial charge in [-0.3, -0.25) is 4.79 Å². The van der Waals surface area contributed by atoms with Gasteiger partial charge < -0.3 is 5.11 Å². The Hall–Kier alpha value is -1.09. The van der Waals surface area contributed by atoms with E-state index in [0.717, 1.165) is 12.0 Å². The van der Waals surface area contributed by atoms with E-state index < -0.39 is 5.97 Å². The summed E-state index contributed by atoms with van der Waals surface area (Å²) in [5.74, 6) is -0.775. The average Bonchev–Trinajstić information content (AvgIpc) is 2.58. The van der Waals surface area contributed by atoms with Crippen molar-refractivity contribution in [2.45, 2.75) is 19.8 Å². The normalized spacial score (nSPS) is 11.6. The molecule has 0 radical (unpaired) electrons. The Morgan fingerprint density at radius 2 is 2.46 bits per heavy atom. The second-order valence-corrected chi connectivity index (χ2v) is 3.61. The van der Waals surface area contributed by atoms with E-state index in [-0.39, 0.29) is 6.42 Å². The highest BCUT2D eigenvalue weighted by atomic mass is 32.1. The Kier molecular flexibility index (Phi) is 3.71. The van der Waals surface area contributed by atoms with E-state index in [0.29, 0.717) is 0 Å². The fourth-order valence-corrected chi connectivity index (χ4v) is 1.93. The lowest BCUT2D eigenvalue weighted by atomic mass is 10.1. The number of carboxylic acid groups (broad SMARTS) is 1. The highest BCUT2D eigenvalue weighted by Crippen LogP contribution is 2.23. The first-order valence-electron chi connectivity index (χ1n) is 4.18. The molecular weight excluding hydrogens is 184 g/mol. The summed E-state index contributed by atoms with van der Waals surface area (Å²) in [6.45, 7) is 2.04. The van der Waals surface area contributed by atoms with Gasteiger partial charge in [0.1, 0.15) is 0 Å². The Balaban J connectivity index is 2.73. The maximum absolute atomic E-state index is 10.3. The number of rotatable bonds is 4. The van der Waals surface area contributed by atoms with Crippen LogP contribution in [0.5, 0.6) is 0 Å². The summed E-state index contributed by atoms with van der Waals surface area (Å²) in [5.41, 5.74) is 1.12. The van der Waals surface area contributed by atoms with Crippen molar-refractivity contribution in [1.29, 1.82) is 0 Å². The monoisotopic (exact) mass is 196 g/mol. The quantitative estimate of drug-likeness (QED) is 0.803. The molecule has 0 saturated heterocycles. The minimum atomic E-state index is -0.775. The van der Waals surface area contributed by atoms with E-state index in [1.54, 1.807) is 17.4 Å². The van der Waals surface area contributed by atoms with Crippen molar-refractivity contribution in [1.82, 2.24) is 0 Å². The SMILES string of the molecule is CC/C(=C\CC(=O)O)c1cccs1. The van der Waals surface area contributed by atoms with Crippen molar-refractivity contribution in [3.8, 4) is 0 Å². The summed E-state index contributed by atoms with van der Waals surface area (Å²) in [6, 6.07) is 3.99. The third-order valence-corrected chi connectivity index (χ3v) is 2.69. The van der Waals surface area contributed by atoms with Crippen LogP contribution >= 0.6 is 11.3 Å². The first-order valence-corrected chi connectivity index (χ1v) is 5.06. The summed E-state index contributed by atoms with van der Waals surface area (Å²) < 4.78 is 0. The van der Waals surface area contributed by atoms with Crippen molar-refractivity contribution in [3.63, 3.8) is 0 Å². The molecule has 1 aromatic heterocycles. The zero-order valence-corrected chi connectivity index (χ0v) is 8.30. The minimum absolute atomic E-state index is 0.112. The highest BCUT2D eigenvalue weighted by molar-refractivity contribution is 7.11. The van der Waals surface area contributed by atoms with Crippen LogP contribution in [0.3, 0.4) is 0 Å². The molecule has 0 unspecified atom stereocenters. The number of carbonyl (C=O) groups is 1. The molecule has 1 N–H and O–H groups in total. The van der Waals surface area contributed by atoms with Crippen molar-refractivity contribution in [2.75, 3.05) is 0 Å². The fourth-order valence-electron chi connectivity index (χ4n) is 1.09. The first kappa shape index (κ1) is 9.99. The Bertz CT molecular complexity index is 299. The second kappa shape index (κ2) is 4.82. The maximum Gasteiger partial charge on any atom is 0.307 e. The smallest absolute Gasteiger partial charge is 0.307 e. The number of aliphatic carboxylic acids is 1. The molecule has 0 aliphatic heterocycles. The Morgan fingerprint density at radius 1 is 1.69 bits per heavy atom. The number of hydrogen-bond acceptors (Lipinski definition) is 2. The number of hydrogen-bond donors (Lipinski definition) is 1. The van der Waals surface area contributed by atoms with Gasteiger partial charge in [-0.2, -0.15) is 0 Å². The Labute approximate surface area is 81.5 Å². The van der Waals surface area contributed by atoms with E-state index >= 15 is 0 Å². The van der Waals surface area contributed by atoms with Gasteiger partial charge in [-0.25, -0.2) is 0 Å². The molecule has 3 heteroatoms. The van der Waals surface area contributed by atoms with Crippen LogP contribution in [-0.4, -0.2) is 11.1 Å². The van der Waals surface area contributed by atoms with Crippen LogP contribution in [0.15, 0.2) is 23.6 Å².